The first-order valence-corrected chi connectivity index (χ1v) is 8.54. The van der Waals surface area contributed by atoms with Crippen LogP contribution in [-0.2, 0) is 12.8 Å². The molecule has 0 saturated carbocycles. The van der Waals surface area contributed by atoms with Gasteiger partial charge in [-0.15, -0.1) is 23.2 Å². The molecule has 0 aliphatic carbocycles. The van der Waals surface area contributed by atoms with E-state index in [4.69, 9.17) is 23.2 Å². The molecule has 0 aliphatic rings. The Bertz CT molecular complexity index is 583. The minimum absolute atomic E-state index is 0.225. The highest BCUT2D eigenvalue weighted by Crippen LogP contribution is 2.32. The largest absolute Gasteiger partial charge is 0.207 e. The van der Waals surface area contributed by atoms with Gasteiger partial charge in [-0.2, -0.15) is 0 Å². The number of hydrogen-bond donors (Lipinski definition) is 0. The molecule has 21 heavy (non-hydrogen) atoms. The van der Waals surface area contributed by atoms with Gasteiger partial charge in [0.1, 0.15) is 5.82 Å². The zero-order chi connectivity index (χ0) is 15.3. The molecule has 2 aromatic rings. The van der Waals surface area contributed by atoms with Crippen LogP contribution in [0.25, 0.3) is 0 Å². The molecule has 0 spiro atoms. The van der Waals surface area contributed by atoms with Gasteiger partial charge in [0.25, 0.3) is 0 Å². The molecule has 0 bridgehead atoms. The summed E-state index contributed by atoms with van der Waals surface area (Å²) in [6.45, 7) is 0. The Kier molecular flexibility index (Phi) is 6.09. The molecule has 0 atom stereocenters. The number of rotatable bonds is 6. The highest BCUT2D eigenvalue weighted by atomic mass is 79.9. The van der Waals surface area contributed by atoms with E-state index in [0.717, 1.165) is 16.5 Å². The Morgan fingerprint density at radius 3 is 2.19 bits per heavy atom. The standard InChI is InChI=1S/C17H16BrCl2F/c18-15-7-6-14(16(21)8-15)10-17(11-19,12-20)9-13-4-2-1-3-5-13/h1-8H,9-12H2. The molecule has 0 aliphatic heterocycles. The maximum absolute atomic E-state index is 14.1. The molecule has 0 heterocycles. The molecule has 0 saturated heterocycles. The average Bonchev–Trinajstić information content (AvgIpc) is 2.50. The molecule has 0 unspecified atom stereocenters. The van der Waals surface area contributed by atoms with Crippen molar-refractivity contribution < 1.29 is 4.39 Å². The predicted molar refractivity (Wildman–Crippen MR) is 91.8 cm³/mol. The maximum Gasteiger partial charge on any atom is 0.127 e. The fraction of sp³-hybridized carbons (Fsp3) is 0.294. The van der Waals surface area contributed by atoms with E-state index in [9.17, 15) is 4.39 Å². The van der Waals surface area contributed by atoms with Crippen molar-refractivity contribution in [3.63, 3.8) is 0 Å². The lowest BCUT2D eigenvalue weighted by Gasteiger charge is -2.30. The molecule has 2 aromatic carbocycles. The van der Waals surface area contributed by atoms with Gasteiger partial charge >= 0.3 is 0 Å². The Morgan fingerprint density at radius 2 is 1.62 bits per heavy atom. The molecule has 0 amide bonds. The van der Waals surface area contributed by atoms with Crippen molar-refractivity contribution in [2.75, 3.05) is 11.8 Å². The quantitative estimate of drug-likeness (QED) is 0.544. The number of halogens is 4. The highest BCUT2D eigenvalue weighted by molar-refractivity contribution is 9.10. The van der Waals surface area contributed by atoms with Crippen LogP contribution in [0.4, 0.5) is 4.39 Å². The summed E-state index contributed by atoms with van der Waals surface area (Å²) >= 11 is 15.7. The SMILES string of the molecule is Fc1cc(Br)ccc1CC(CCl)(CCl)Cc1ccccc1. The van der Waals surface area contributed by atoms with Gasteiger partial charge in [0, 0.05) is 21.6 Å². The van der Waals surface area contributed by atoms with Crippen molar-refractivity contribution in [1.82, 2.24) is 0 Å². The molecule has 0 radical (unpaired) electrons. The summed E-state index contributed by atoms with van der Waals surface area (Å²) in [6.07, 6.45) is 1.25. The van der Waals surface area contributed by atoms with E-state index in [1.54, 1.807) is 6.07 Å². The first kappa shape index (κ1) is 16.8. The third-order valence-corrected chi connectivity index (χ3v) is 5.20. The topological polar surface area (TPSA) is 0 Å². The van der Waals surface area contributed by atoms with Crippen LogP contribution in [0.15, 0.2) is 53.0 Å². The second kappa shape index (κ2) is 7.62. The van der Waals surface area contributed by atoms with Crippen molar-refractivity contribution >= 4 is 39.1 Å². The van der Waals surface area contributed by atoms with Crippen LogP contribution >= 0.6 is 39.1 Å². The summed E-state index contributed by atoms with van der Waals surface area (Å²) in [6, 6.07) is 15.2. The van der Waals surface area contributed by atoms with Crippen molar-refractivity contribution in [3.8, 4) is 0 Å². The van der Waals surface area contributed by atoms with Crippen molar-refractivity contribution in [3.05, 3.63) is 69.9 Å². The Hall–Kier alpha value is -0.570. The summed E-state index contributed by atoms with van der Waals surface area (Å²) in [5.41, 5.74) is 1.46. The van der Waals surface area contributed by atoms with Crippen LogP contribution in [0, 0.1) is 11.2 Å². The van der Waals surface area contributed by atoms with Gasteiger partial charge in [-0.05, 0) is 36.1 Å². The summed E-state index contributed by atoms with van der Waals surface area (Å²) in [5, 5.41) is 0. The highest BCUT2D eigenvalue weighted by Gasteiger charge is 2.30. The lowest BCUT2D eigenvalue weighted by atomic mass is 9.79. The van der Waals surface area contributed by atoms with Crippen LogP contribution in [0.2, 0.25) is 0 Å². The number of alkyl halides is 2. The molecule has 0 nitrogen and oxygen atoms in total. The molecule has 4 heteroatoms. The average molecular weight is 390 g/mol. The number of hydrogen-bond acceptors (Lipinski definition) is 0. The van der Waals surface area contributed by atoms with Crippen molar-refractivity contribution in [2.45, 2.75) is 12.8 Å². The molecule has 0 N–H and O–H groups in total. The van der Waals surface area contributed by atoms with E-state index < -0.39 is 0 Å². The lowest BCUT2D eigenvalue weighted by molar-refractivity contribution is 0.367. The van der Waals surface area contributed by atoms with E-state index in [1.165, 1.54) is 6.07 Å². The second-order valence-corrected chi connectivity index (χ2v) is 6.79. The van der Waals surface area contributed by atoms with E-state index in [2.05, 4.69) is 15.9 Å². The van der Waals surface area contributed by atoms with E-state index in [-0.39, 0.29) is 11.2 Å². The lowest BCUT2D eigenvalue weighted by Crippen LogP contribution is -2.31. The normalized spacial score (nSPS) is 11.6. The van der Waals surface area contributed by atoms with Crippen LogP contribution in [0.5, 0.6) is 0 Å². The first-order chi connectivity index (χ1) is 10.1. The van der Waals surface area contributed by atoms with E-state index >= 15 is 0 Å². The third kappa shape index (κ3) is 4.45. The Balaban J connectivity index is 2.25. The summed E-state index contributed by atoms with van der Waals surface area (Å²) in [5.74, 6) is 0.555. The maximum atomic E-state index is 14.1. The number of benzene rings is 2. The van der Waals surface area contributed by atoms with E-state index in [1.807, 2.05) is 36.4 Å². The van der Waals surface area contributed by atoms with Gasteiger partial charge in [0.2, 0.25) is 0 Å². The van der Waals surface area contributed by atoms with Gasteiger partial charge in [-0.3, -0.25) is 0 Å². The minimum atomic E-state index is -0.348. The van der Waals surface area contributed by atoms with Crippen LogP contribution in [0.1, 0.15) is 11.1 Å². The monoisotopic (exact) mass is 388 g/mol. The van der Waals surface area contributed by atoms with Crippen LogP contribution in [0.3, 0.4) is 0 Å². The fourth-order valence-corrected chi connectivity index (χ4v) is 3.38. The van der Waals surface area contributed by atoms with Gasteiger partial charge in [-0.1, -0.05) is 52.3 Å². The van der Waals surface area contributed by atoms with Gasteiger partial charge in [0.05, 0.1) is 0 Å². The van der Waals surface area contributed by atoms with Crippen molar-refractivity contribution in [2.24, 2.45) is 5.41 Å². The van der Waals surface area contributed by atoms with Crippen molar-refractivity contribution in [1.29, 1.82) is 0 Å². The minimum Gasteiger partial charge on any atom is -0.207 e. The molecular weight excluding hydrogens is 374 g/mol. The summed E-state index contributed by atoms with van der Waals surface area (Å²) in [7, 11) is 0. The fourth-order valence-electron chi connectivity index (χ4n) is 2.39. The second-order valence-electron chi connectivity index (χ2n) is 5.34. The predicted octanol–water partition coefficient (Wildman–Crippen LogP) is 5.84. The molecular formula is C17H16BrCl2F. The zero-order valence-corrected chi connectivity index (χ0v) is 14.6. The molecule has 2 rings (SSSR count). The van der Waals surface area contributed by atoms with Crippen LogP contribution in [-0.4, -0.2) is 11.8 Å². The smallest absolute Gasteiger partial charge is 0.127 e. The Morgan fingerprint density at radius 1 is 0.952 bits per heavy atom. The van der Waals surface area contributed by atoms with Crippen LogP contribution < -0.4 is 0 Å². The summed E-state index contributed by atoms with van der Waals surface area (Å²) < 4.78 is 14.8. The molecule has 112 valence electrons. The van der Waals surface area contributed by atoms with E-state index in [0.29, 0.717) is 23.7 Å². The Labute approximate surface area is 143 Å². The third-order valence-electron chi connectivity index (χ3n) is 3.57. The molecule has 0 aromatic heterocycles. The molecule has 0 fully saturated rings. The first-order valence-electron chi connectivity index (χ1n) is 6.68. The summed E-state index contributed by atoms with van der Waals surface area (Å²) in [4.78, 5) is 0. The van der Waals surface area contributed by atoms with Gasteiger partial charge < -0.3 is 0 Å². The van der Waals surface area contributed by atoms with Gasteiger partial charge in [-0.25, -0.2) is 4.39 Å². The van der Waals surface area contributed by atoms with Gasteiger partial charge in [0.15, 0.2) is 0 Å². The zero-order valence-electron chi connectivity index (χ0n) is 11.5.